The number of halogens is 5. The monoisotopic (exact) mass is 603 g/mol. The van der Waals surface area contributed by atoms with Gasteiger partial charge in [-0.1, -0.05) is 35.3 Å². The summed E-state index contributed by atoms with van der Waals surface area (Å²) in [4.78, 5) is 29.7. The molecule has 3 aromatic rings. The molecule has 4 N–H and O–H groups in total. The van der Waals surface area contributed by atoms with Gasteiger partial charge in [-0.3, -0.25) is 15.0 Å². The highest BCUT2D eigenvalue weighted by molar-refractivity contribution is 7.89. The molecule has 3 rings (SSSR count). The van der Waals surface area contributed by atoms with E-state index in [0.717, 1.165) is 6.07 Å². The maximum atomic E-state index is 12.7. The minimum atomic E-state index is -4.57. The van der Waals surface area contributed by atoms with Gasteiger partial charge in [0.25, 0.3) is 15.9 Å². The van der Waals surface area contributed by atoms with Gasteiger partial charge in [0.15, 0.2) is 0 Å². The van der Waals surface area contributed by atoms with Crippen molar-refractivity contribution in [2.24, 2.45) is 0 Å². The van der Waals surface area contributed by atoms with Crippen LogP contribution in [0.25, 0.3) is 0 Å². The van der Waals surface area contributed by atoms with Gasteiger partial charge >= 0.3 is 6.18 Å². The van der Waals surface area contributed by atoms with Crippen molar-refractivity contribution in [1.82, 2.24) is 20.6 Å². The second-order valence-electron chi connectivity index (χ2n) is 8.07. The number of amides is 2. The molecule has 39 heavy (non-hydrogen) atoms. The van der Waals surface area contributed by atoms with E-state index in [1.54, 1.807) is 24.3 Å². The molecule has 0 spiro atoms. The number of carbonyl (C=O) groups is 2. The van der Waals surface area contributed by atoms with Crippen LogP contribution in [0.5, 0.6) is 0 Å². The number of anilines is 1. The van der Waals surface area contributed by atoms with E-state index >= 15 is 0 Å². The molecule has 2 amide bonds. The number of sulfonamides is 1. The van der Waals surface area contributed by atoms with Gasteiger partial charge in [-0.15, -0.1) is 4.83 Å². The molecule has 0 unspecified atom stereocenters. The molecular formula is C24H22Cl2F3N5O4S. The standard InChI is InChI=1S/C24H22Cl2F3N5O4S/c25-18-7-5-16(6-8-18)23(36)32-13-15-3-9-19(10-4-15)39(37,38)34-33-21(35)2-1-11-30-22-20(26)12-17(14-31-22)24(27,28)29/h3-10,12,14,34H,1-2,11,13H2,(H,30,31)(H,32,36)(H,33,35). The molecule has 1 heterocycles. The van der Waals surface area contributed by atoms with E-state index in [-0.39, 0.29) is 47.6 Å². The lowest BCUT2D eigenvalue weighted by molar-refractivity contribution is -0.137. The number of nitrogens with one attached hydrogen (secondary N) is 4. The quantitative estimate of drug-likeness (QED) is 0.188. The topological polar surface area (TPSA) is 129 Å². The number of hydrogen-bond donors (Lipinski definition) is 4. The number of pyridine rings is 1. The number of nitrogens with zero attached hydrogens (tertiary/aromatic N) is 1. The van der Waals surface area contributed by atoms with Crippen LogP contribution in [0, 0.1) is 0 Å². The maximum Gasteiger partial charge on any atom is 0.417 e. The Kier molecular flexibility index (Phi) is 10.1. The molecule has 0 atom stereocenters. The van der Waals surface area contributed by atoms with Crippen LogP contribution in [0.2, 0.25) is 10.0 Å². The third-order valence-electron chi connectivity index (χ3n) is 5.16. The Morgan fingerprint density at radius 3 is 2.26 bits per heavy atom. The smallest absolute Gasteiger partial charge is 0.369 e. The van der Waals surface area contributed by atoms with Crippen LogP contribution in [0.4, 0.5) is 19.0 Å². The number of aromatic nitrogens is 1. The predicted octanol–water partition coefficient (Wildman–Crippen LogP) is 4.54. The second-order valence-corrected chi connectivity index (χ2v) is 10.6. The number of carbonyl (C=O) groups excluding carboxylic acids is 2. The molecule has 0 fully saturated rings. The minimum absolute atomic E-state index is 0.0266. The third-order valence-corrected chi connectivity index (χ3v) is 6.96. The fourth-order valence-electron chi connectivity index (χ4n) is 3.10. The number of alkyl halides is 3. The first-order valence-corrected chi connectivity index (χ1v) is 13.5. The summed E-state index contributed by atoms with van der Waals surface area (Å²) in [6.07, 6.45) is -3.82. The first-order valence-electron chi connectivity index (χ1n) is 11.2. The van der Waals surface area contributed by atoms with Gasteiger partial charge in [-0.05, 0) is 54.4 Å². The van der Waals surface area contributed by atoms with Crippen LogP contribution in [-0.4, -0.2) is 31.8 Å². The number of rotatable bonds is 11. The molecular weight excluding hydrogens is 582 g/mol. The predicted molar refractivity (Wildman–Crippen MR) is 140 cm³/mol. The van der Waals surface area contributed by atoms with Gasteiger partial charge in [0.2, 0.25) is 5.91 Å². The van der Waals surface area contributed by atoms with Crippen molar-refractivity contribution < 1.29 is 31.2 Å². The van der Waals surface area contributed by atoms with Crippen molar-refractivity contribution in [3.05, 3.63) is 87.5 Å². The molecule has 1 aromatic heterocycles. The van der Waals surface area contributed by atoms with E-state index < -0.39 is 27.7 Å². The first-order chi connectivity index (χ1) is 18.3. The second kappa shape index (κ2) is 13.1. The highest BCUT2D eigenvalue weighted by atomic mass is 35.5. The van der Waals surface area contributed by atoms with E-state index in [2.05, 4.69) is 21.0 Å². The molecule has 15 heteroatoms. The summed E-state index contributed by atoms with van der Waals surface area (Å²) >= 11 is 11.6. The van der Waals surface area contributed by atoms with Crippen LogP contribution in [0.15, 0.2) is 65.7 Å². The lowest BCUT2D eigenvalue weighted by Crippen LogP contribution is -2.41. The Labute approximate surface area is 232 Å². The fourth-order valence-corrected chi connectivity index (χ4v) is 4.32. The number of hydrogen-bond acceptors (Lipinski definition) is 6. The normalized spacial score (nSPS) is 11.6. The Balaban J connectivity index is 1.41. The van der Waals surface area contributed by atoms with E-state index in [1.807, 2.05) is 4.83 Å². The highest BCUT2D eigenvalue weighted by Crippen LogP contribution is 2.32. The summed E-state index contributed by atoms with van der Waals surface area (Å²) in [7, 11) is -4.06. The Morgan fingerprint density at radius 1 is 0.974 bits per heavy atom. The summed E-state index contributed by atoms with van der Waals surface area (Å²) in [5.41, 5.74) is 2.18. The molecule has 0 bridgehead atoms. The van der Waals surface area contributed by atoms with E-state index in [0.29, 0.717) is 22.3 Å². The molecule has 0 aliphatic heterocycles. The average molecular weight is 604 g/mol. The van der Waals surface area contributed by atoms with Crippen molar-refractivity contribution in [2.75, 3.05) is 11.9 Å². The van der Waals surface area contributed by atoms with Crippen LogP contribution in [0.1, 0.15) is 34.3 Å². The Morgan fingerprint density at radius 2 is 1.64 bits per heavy atom. The van der Waals surface area contributed by atoms with Gasteiger partial charge in [0.1, 0.15) is 5.82 Å². The zero-order valence-electron chi connectivity index (χ0n) is 20.0. The Bertz CT molecular complexity index is 1420. The minimum Gasteiger partial charge on any atom is -0.369 e. The summed E-state index contributed by atoms with van der Waals surface area (Å²) in [5, 5.41) is 5.71. The van der Waals surface area contributed by atoms with Gasteiger partial charge in [-0.25, -0.2) is 13.4 Å². The van der Waals surface area contributed by atoms with E-state index in [9.17, 15) is 31.2 Å². The fraction of sp³-hybridized carbons (Fsp3) is 0.208. The first kappa shape index (κ1) is 30.2. The highest BCUT2D eigenvalue weighted by Gasteiger charge is 2.31. The lowest BCUT2D eigenvalue weighted by atomic mass is 10.2. The van der Waals surface area contributed by atoms with Gasteiger partial charge in [0.05, 0.1) is 15.5 Å². The van der Waals surface area contributed by atoms with Crippen molar-refractivity contribution in [1.29, 1.82) is 0 Å². The molecule has 0 saturated heterocycles. The molecule has 0 aliphatic rings. The molecule has 0 saturated carbocycles. The SMILES string of the molecule is O=C(CCCNc1ncc(C(F)(F)F)cc1Cl)NNS(=O)(=O)c1ccc(CNC(=O)c2ccc(Cl)cc2)cc1. The van der Waals surface area contributed by atoms with Crippen molar-refractivity contribution >= 4 is 50.9 Å². The lowest BCUT2D eigenvalue weighted by Gasteiger charge is -2.11. The van der Waals surface area contributed by atoms with Gasteiger partial charge in [-0.2, -0.15) is 13.2 Å². The maximum absolute atomic E-state index is 12.7. The summed E-state index contributed by atoms with van der Waals surface area (Å²) in [6, 6.07) is 12.8. The third kappa shape index (κ3) is 9.10. The zero-order valence-corrected chi connectivity index (χ0v) is 22.3. The van der Waals surface area contributed by atoms with Gasteiger partial charge in [0, 0.05) is 36.3 Å². The van der Waals surface area contributed by atoms with Gasteiger partial charge < -0.3 is 10.6 Å². The Hall–Kier alpha value is -3.39. The molecule has 0 radical (unpaired) electrons. The average Bonchev–Trinajstić information content (AvgIpc) is 2.89. The van der Waals surface area contributed by atoms with Crippen molar-refractivity contribution in [3.8, 4) is 0 Å². The number of benzene rings is 2. The zero-order chi connectivity index (χ0) is 28.6. The van der Waals surface area contributed by atoms with E-state index in [1.165, 1.54) is 24.3 Å². The van der Waals surface area contributed by atoms with Crippen LogP contribution >= 0.6 is 23.2 Å². The van der Waals surface area contributed by atoms with Crippen LogP contribution in [0.3, 0.4) is 0 Å². The summed E-state index contributed by atoms with van der Waals surface area (Å²) in [6.45, 7) is 0.307. The molecule has 9 nitrogen and oxygen atoms in total. The summed E-state index contributed by atoms with van der Waals surface area (Å²) in [5.74, 6) is -0.922. The summed E-state index contributed by atoms with van der Waals surface area (Å²) < 4.78 is 62.9. The molecule has 2 aromatic carbocycles. The molecule has 0 aliphatic carbocycles. The van der Waals surface area contributed by atoms with Crippen molar-refractivity contribution in [2.45, 2.75) is 30.5 Å². The van der Waals surface area contributed by atoms with Crippen LogP contribution in [-0.2, 0) is 27.5 Å². The molecule has 208 valence electrons. The largest absolute Gasteiger partial charge is 0.417 e. The van der Waals surface area contributed by atoms with Crippen LogP contribution < -0.4 is 20.9 Å². The van der Waals surface area contributed by atoms with Crippen molar-refractivity contribution in [3.63, 3.8) is 0 Å². The van der Waals surface area contributed by atoms with E-state index in [4.69, 9.17) is 23.2 Å². The number of hydrazine groups is 1.